The SMILES string of the molecule is Cn1c(SCCCN2CC3CCN(c4ccccc4C(F)(F)F)C3C2)nnc1-c1ccccc1. The highest BCUT2D eigenvalue weighted by Gasteiger charge is 2.44. The number of halogens is 3. The van der Waals surface area contributed by atoms with Crippen LogP contribution in [0.15, 0.2) is 59.8 Å². The van der Waals surface area contributed by atoms with Crippen LogP contribution in [0.2, 0.25) is 0 Å². The van der Waals surface area contributed by atoms with Crippen LogP contribution in [-0.4, -0.2) is 57.6 Å². The first kappa shape index (κ1) is 23.2. The fourth-order valence-corrected chi connectivity index (χ4v) is 6.06. The Morgan fingerprint density at radius 1 is 1.00 bits per heavy atom. The number of benzene rings is 2. The average molecular weight is 488 g/mol. The molecule has 1 aromatic heterocycles. The van der Waals surface area contributed by atoms with E-state index in [1.807, 2.05) is 46.8 Å². The second kappa shape index (κ2) is 9.62. The second-order valence-corrected chi connectivity index (χ2v) is 10.1. The molecule has 0 saturated carbocycles. The highest BCUT2D eigenvalue weighted by Crippen LogP contribution is 2.41. The van der Waals surface area contributed by atoms with Crippen molar-refractivity contribution < 1.29 is 13.2 Å². The molecule has 0 N–H and O–H groups in total. The molecule has 0 radical (unpaired) electrons. The van der Waals surface area contributed by atoms with Gasteiger partial charge in [0.2, 0.25) is 0 Å². The molecular formula is C25H28F3N5S. The molecule has 2 aromatic carbocycles. The van der Waals surface area contributed by atoms with Gasteiger partial charge in [-0.05, 0) is 37.4 Å². The van der Waals surface area contributed by atoms with Crippen LogP contribution in [0.25, 0.3) is 11.4 Å². The lowest BCUT2D eigenvalue weighted by Gasteiger charge is -2.29. The predicted octanol–water partition coefficient (Wildman–Crippen LogP) is 5.19. The van der Waals surface area contributed by atoms with E-state index in [-0.39, 0.29) is 6.04 Å². The van der Waals surface area contributed by atoms with Gasteiger partial charge in [-0.3, -0.25) is 0 Å². The molecule has 34 heavy (non-hydrogen) atoms. The normalized spacial score (nSPS) is 20.8. The lowest BCUT2D eigenvalue weighted by molar-refractivity contribution is -0.137. The Kier molecular flexibility index (Phi) is 6.57. The third-order valence-corrected chi connectivity index (χ3v) is 7.97. The minimum Gasteiger partial charge on any atom is -0.366 e. The standard InChI is InChI=1S/C25H28F3N5S/c1-31-23(18-8-3-2-4-9-18)29-30-24(31)34-15-7-13-32-16-19-12-14-33(22(19)17-32)21-11-6-5-10-20(21)25(26,27)28/h2-6,8-11,19,22H,7,12-17H2,1H3. The number of hydrogen-bond acceptors (Lipinski definition) is 5. The van der Waals surface area contributed by atoms with Crippen LogP contribution in [-0.2, 0) is 13.2 Å². The highest BCUT2D eigenvalue weighted by molar-refractivity contribution is 7.99. The first-order valence-corrected chi connectivity index (χ1v) is 12.6. The average Bonchev–Trinajstić information content (AvgIpc) is 3.51. The van der Waals surface area contributed by atoms with Crippen LogP contribution in [0.4, 0.5) is 18.9 Å². The maximum absolute atomic E-state index is 13.5. The van der Waals surface area contributed by atoms with Crippen molar-refractivity contribution in [2.45, 2.75) is 30.2 Å². The molecule has 2 saturated heterocycles. The van der Waals surface area contributed by atoms with Crippen molar-refractivity contribution in [3.8, 4) is 11.4 Å². The van der Waals surface area contributed by atoms with Gasteiger partial charge in [-0.2, -0.15) is 13.2 Å². The number of nitrogens with zero attached hydrogens (tertiary/aromatic N) is 5. The monoisotopic (exact) mass is 487 g/mol. The lowest BCUT2D eigenvalue weighted by Crippen LogP contribution is -2.36. The summed E-state index contributed by atoms with van der Waals surface area (Å²) in [4.78, 5) is 4.40. The number of para-hydroxylation sites is 1. The molecule has 0 amide bonds. The fourth-order valence-electron chi connectivity index (χ4n) is 5.23. The van der Waals surface area contributed by atoms with Gasteiger partial charge in [0.25, 0.3) is 0 Å². The van der Waals surface area contributed by atoms with E-state index in [0.29, 0.717) is 18.2 Å². The van der Waals surface area contributed by atoms with Crippen LogP contribution >= 0.6 is 11.8 Å². The number of thioether (sulfide) groups is 1. The first-order valence-electron chi connectivity index (χ1n) is 11.6. The van der Waals surface area contributed by atoms with Crippen LogP contribution in [0.1, 0.15) is 18.4 Å². The molecule has 0 spiro atoms. The Morgan fingerprint density at radius 2 is 1.76 bits per heavy atom. The van der Waals surface area contributed by atoms with Gasteiger partial charge >= 0.3 is 6.18 Å². The second-order valence-electron chi connectivity index (χ2n) is 9.02. The smallest absolute Gasteiger partial charge is 0.366 e. The number of likely N-dealkylation sites (tertiary alicyclic amines) is 1. The molecule has 2 unspecified atom stereocenters. The summed E-state index contributed by atoms with van der Waals surface area (Å²) in [6.45, 7) is 3.42. The third kappa shape index (κ3) is 4.68. The van der Waals surface area contributed by atoms with E-state index < -0.39 is 11.7 Å². The molecule has 5 rings (SSSR count). The molecule has 5 nitrogen and oxygen atoms in total. The Morgan fingerprint density at radius 3 is 2.56 bits per heavy atom. The van der Waals surface area contributed by atoms with Gasteiger partial charge in [0.15, 0.2) is 11.0 Å². The van der Waals surface area contributed by atoms with Crippen molar-refractivity contribution in [2.24, 2.45) is 13.0 Å². The van der Waals surface area contributed by atoms with E-state index in [1.165, 1.54) is 12.1 Å². The van der Waals surface area contributed by atoms with Crippen LogP contribution in [0, 0.1) is 5.92 Å². The molecule has 0 bridgehead atoms. The summed E-state index contributed by atoms with van der Waals surface area (Å²) in [5.74, 6) is 2.21. The largest absolute Gasteiger partial charge is 0.418 e. The summed E-state index contributed by atoms with van der Waals surface area (Å²) in [5.41, 5.74) is 0.852. The molecule has 2 atom stereocenters. The number of hydrogen-bond donors (Lipinski definition) is 0. The summed E-state index contributed by atoms with van der Waals surface area (Å²) >= 11 is 1.70. The summed E-state index contributed by atoms with van der Waals surface area (Å²) < 4.78 is 42.7. The van der Waals surface area contributed by atoms with Gasteiger partial charge in [0.05, 0.1) is 5.56 Å². The molecule has 3 heterocycles. The van der Waals surface area contributed by atoms with Crippen LogP contribution in [0.5, 0.6) is 0 Å². The number of fused-ring (bicyclic) bond motifs is 1. The minimum atomic E-state index is -4.33. The van der Waals surface area contributed by atoms with E-state index >= 15 is 0 Å². The van der Waals surface area contributed by atoms with E-state index in [9.17, 15) is 13.2 Å². The van der Waals surface area contributed by atoms with Crippen molar-refractivity contribution in [1.82, 2.24) is 19.7 Å². The van der Waals surface area contributed by atoms with Gasteiger partial charge in [-0.1, -0.05) is 54.2 Å². The zero-order chi connectivity index (χ0) is 23.7. The van der Waals surface area contributed by atoms with Crippen molar-refractivity contribution in [1.29, 1.82) is 0 Å². The topological polar surface area (TPSA) is 37.2 Å². The van der Waals surface area contributed by atoms with Gasteiger partial charge in [-0.25, -0.2) is 0 Å². The van der Waals surface area contributed by atoms with Crippen LogP contribution < -0.4 is 4.90 Å². The van der Waals surface area contributed by atoms with Gasteiger partial charge in [0.1, 0.15) is 0 Å². The highest BCUT2D eigenvalue weighted by atomic mass is 32.2. The zero-order valence-corrected chi connectivity index (χ0v) is 19.9. The number of rotatable bonds is 7. The van der Waals surface area contributed by atoms with E-state index in [4.69, 9.17) is 0 Å². The molecule has 0 aliphatic carbocycles. The van der Waals surface area contributed by atoms with Crippen molar-refractivity contribution in [3.63, 3.8) is 0 Å². The Labute approximate surface area is 202 Å². The summed E-state index contributed by atoms with van der Waals surface area (Å²) in [5, 5.41) is 9.58. The van der Waals surface area contributed by atoms with Gasteiger partial charge < -0.3 is 14.4 Å². The summed E-state index contributed by atoms with van der Waals surface area (Å²) in [6.07, 6.45) is -2.38. The third-order valence-electron chi connectivity index (χ3n) is 6.86. The Balaban J connectivity index is 1.15. The number of alkyl halides is 3. The van der Waals surface area contributed by atoms with Gasteiger partial charge in [0, 0.05) is 49.7 Å². The Bertz CT molecular complexity index is 1120. The quantitative estimate of drug-likeness (QED) is 0.339. The number of anilines is 1. The maximum atomic E-state index is 13.5. The van der Waals surface area contributed by atoms with Crippen molar-refractivity contribution >= 4 is 17.4 Å². The molecule has 3 aromatic rings. The molecular weight excluding hydrogens is 459 g/mol. The summed E-state index contributed by atoms with van der Waals surface area (Å²) in [6, 6.07) is 16.2. The van der Waals surface area contributed by atoms with Crippen LogP contribution in [0.3, 0.4) is 0 Å². The molecule has 180 valence electrons. The van der Waals surface area contributed by atoms with E-state index in [2.05, 4.69) is 15.1 Å². The molecule has 2 fully saturated rings. The van der Waals surface area contributed by atoms with Crippen molar-refractivity contribution in [2.75, 3.05) is 36.8 Å². The van der Waals surface area contributed by atoms with E-state index in [1.54, 1.807) is 23.9 Å². The molecule has 2 aliphatic heterocycles. The number of aromatic nitrogens is 3. The van der Waals surface area contributed by atoms with E-state index in [0.717, 1.165) is 54.8 Å². The first-order chi connectivity index (χ1) is 16.4. The molecule has 2 aliphatic rings. The molecule has 9 heteroatoms. The van der Waals surface area contributed by atoms with Crippen molar-refractivity contribution in [3.05, 3.63) is 60.2 Å². The zero-order valence-electron chi connectivity index (χ0n) is 19.1. The fraction of sp³-hybridized carbons (Fsp3) is 0.440. The summed E-state index contributed by atoms with van der Waals surface area (Å²) in [7, 11) is 1.99. The minimum absolute atomic E-state index is 0.156. The maximum Gasteiger partial charge on any atom is 0.418 e. The Hall–Kier alpha value is -2.52. The predicted molar refractivity (Wildman–Crippen MR) is 129 cm³/mol. The lowest BCUT2D eigenvalue weighted by atomic mass is 10.0. The van der Waals surface area contributed by atoms with Gasteiger partial charge in [-0.15, -0.1) is 10.2 Å².